The van der Waals surface area contributed by atoms with E-state index in [2.05, 4.69) is 5.32 Å². The third kappa shape index (κ3) is 2.81. The van der Waals surface area contributed by atoms with Gasteiger partial charge in [-0.3, -0.25) is 5.32 Å². The van der Waals surface area contributed by atoms with Crippen molar-refractivity contribution < 1.29 is 17.9 Å². The first-order valence-corrected chi connectivity index (χ1v) is 7.95. The van der Waals surface area contributed by atoms with E-state index in [1.165, 1.54) is 12.1 Å². The Morgan fingerprint density at radius 2 is 1.52 bits per heavy atom. The quantitative estimate of drug-likeness (QED) is 0.685. The molecule has 1 N–H and O–H groups in total. The second kappa shape index (κ2) is 5.31. The third-order valence-corrected chi connectivity index (χ3v) is 5.13. The molecule has 6 heteroatoms. The highest BCUT2D eigenvalue weighted by Gasteiger charge is 2.50. The van der Waals surface area contributed by atoms with Crippen molar-refractivity contribution in [2.45, 2.75) is 16.5 Å². The lowest BCUT2D eigenvalue weighted by atomic mass is 10.2. The van der Waals surface area contributed by atoms with E-state index in [4.69, 9.17) is 4.74 Å². The maximum atomic E-state index is 12.3. The van der Waals surface area contributed by atoms with E-state index in [0.717, 1.165) is 0 Å². The maximum absolute atomic E-state index is 12.3. The molecule has 0 bridgehead atoms. The van der Waals surface area contributed by atoms with Crippen molar-refractivity contribution in [2.75, 3.05) is 0 Å². The maximum Gasteiger partial charge on any atom is 0.339 e. The van der Waals surface area contributed by atoms with E-state index in [1.54, 1.807) is 48.5 Å². The number of esters is 1. The highest BCUT2D eigenvalue weighted by Crippen LogP contribution is 2.26. The first-order valence-electron chi connectivity index (χ1n) is 6.40. The fraction of sp³-hybridized carbons (Fsp3) is 0.133. The normalized spacial score (nSPS) is 20.8. The Kier molecular flexibility index (Phi) is 3.48. The Bertz CT molecular complexity index is 744. The molecule has 1 heterocycles. The van der Waals surface area contributed by atoms with Crippen LogP contribution in [-0.4, -0.2) is 26.0 Å². The fourth-order valence-electron chi connectivity index (χ4n) is 1.97. The number of carbonyl (C=O) groups excluding carboxylic acids is 1. The van der Waals surface area contributed by atoms with Crippen LogP contribution in [0.4, 0.5) is 0 Å². The summed E-state index contributed by atoms with van der Waals surface area (Å²) < 4.78 is 29.7. The van der Waals surface area contributed by atoms with Gasteiger partial charge in [0.25, 0.3) is 0 Å². The van der Waals surface area contributed by atoms with Crippen LogP contribution in [0.5, 0.6) is 0 Å². The Hall–Kier alpha value is -2.18. The molecule has 1 fully saturated rings. The van der Waals surface area contributed by atoms with E-state index in [1.807, 2.05) is 0 Å². The number of hydrogen-bond donors (Lipinski definition) is 1. The fourth-order valence-corrected chi connectivity index (χ4v) is 3.49. The van der Waals surface area contributed by atoms with E-state index >= 15 is 0 Å². The number of nitrogens with one attached hydrogen (secondary N) is 1. The molecular formula is C15H13NO4S. The molecular weight excluding hydrogens is 290 g/mol. The summed E-state index contributed by atoms with van der Waals surface area (Å²) in [4.78, 5) is 12.1. The van der Waals surface area contributed by atoms with Gasteiger partial charge in [-0.05, 0) is 24.3 Å². The monoisotopic (exact) mass is 303 g/mol. The van der Waals surface area contributed by atoms with Crippen molar-refractivity contribution in [3.63, 3.8) is 0 Å². The van der Waals surface area contributed by atoms with E-state index in [0.29, 0.717) is 5.56 Å². The molecule has 1 saturated heterocycles. The minimum Gasteiger partial charge on any atom is -0.440 e. The predicted molar refractivity (Wildman–Crippen MR) is 76.2 cm³/mol. The van der Waals surface area contributed by atoms with E-state index in [-0.39, 0.29) is 4.90 Å². The first-order chi connectivity index (χ1) is 10.1. The number of benzene rings is 2. The molecule has 5 nitrogen and oxygen atoms in total. The van der Waals surface area contributed by atoms with E-state index < -0.39 is 27.4 Å². The van der Waals surface area contributed by atoms with Crippen molar-refractivity contribution in [1.82, 2.24) is 5.32 Å². The number of sulfone groups is 1. The molecule has 0 spiro atoms. The lowest BCUT2D eigenvalue weighted by Gasteiger charge is -2.03. The van der Waals surface area contributed by atoms with Crippen molar-refractivity contribution in [1.29, 1.82) is 0 Å². The topological polar surface area (TPSA) is 82.4 Å². The Labute approximate surface area is 122 Å². The largest absolute Gasteiger partial charge is 0.440 e. The molecule has 0 radical (unpaired) electrons. The van der Waals surface area contributed by atoms with Crippen LogP contribution in [0.3, 0.4) is 0 Å². The van der Waals surface area contributed by atoms with Crippen LogP contribution in [0.25, 0.3) is 0 Å². The average molecular weight is 303 g/mol. The van der Waals surface area contributed by atoms with E-state index in [9.17, 15) is 13.2 Å². The zero-order valence-corrected chi connectivity index (χ0v) is 11.8. The molecule has 0 aromatic heterocycles. The molecule has 0 saturated carbocycles. The summed E-state index contributed by atoms with van der Waals surface area (Å²) in [5.41, 5.74) is 0.391. The smallest absolute Gasteiger partial charge is 0.339 e. The predicted octanol–water partition coefficient (Wildman–Crippen LogP) is 1.57. The third-order valence-electron chi connectivity index (χ3n) is 3.14. The number of carbonyl (C=O) groups is 1. The zero-order chi connectivity index (χ0) is 14.9. The summed E-state index contributed by atoms with van der Waals surface area (Å²) in [6.45, 7) is 0. The van der Waals surface area contributed by atoms with Gasteiger partial charge in [-0.15, -0.1) is 0 Å². The molecule has 2 atom stereocenters. The summed E-state index contributed by atoms with van der Waals surface area (Å²) in [6.07, 6.45) is -0.803. The number of rotatable bonds is 4. The van der Waals surface area contributed by atoms with Crippen LogP contribution < -0.4 is 5.32 Å². The van der Waals surface area contributed by atoms with Gasteiger partial charge in [-0.1, -0.05) is 36.4 Å². The van der Waals surface area contributed by atoms with Crippen molar-refractivity contribution in [3.05, 3.63) is 66.2 Å². The number of hydrogen-bond acceptors (Lipinski definition) is 5. The Balaban J connectivity index is 1.69. The van der Waals surface area contributed by atoms with Crippen LogP contribution in [0.1, 0.15) is 10.4 Å². The van der Waals surface area contributed by atoms with Crippen molar-refractivity contribution in [3.8, 4) is 0 Å². The summed E-state index contributed by atoms with van der Waals surface area (Å²) >= 11 is 0. The zero-order valence-electron chi connectivity index (χ0n) is 11.0. The summed E-state index contributed by atoms with van der Waals surface area (Å²) in [6, 6.07) is 16.5. The van der Waals surface area contributed by atoms with Gasteiger partial charge in [-0.2, -0.15) is 0 Å². The van der Waals surface area contributed by atoms with Crippen LogP contribution in [0.15, 0.2) is 65.6 Å². The van der Waals surface area contributed by atoms with Gasteiger partial charge >= 0.3 is 5.97 Å². The standard InChI is InChI=1S/C15H13NO4S/c17-15(11-7-3-1-4-8-11)20-13-14(16-13)21(18,19)12-9-5-2-6-10-12/h1-10,13-14,16H. The SMILES string of the molecule is O=C(OC1NC1S(=O)(=O)c1ccccc1)c1ccccc1. The van der Waals surface area contributed by atoms with Gasteiger partial charge in [0.2, 0.25) is 0 Å². The summed E-state index contributed by atoms with van der Waals surface area (Å²) in [5, 5.41) is 1.80. The van der Waals surface area contributed by atoms with Gasteiger partial charge in [0.1, 0.15) is 0 Å². The van der Waals surface area contributed by atoms with Gasteiger partial charge in [-0.25, -0.2) is 13.2 Å². The summed E-state index contributed by atoms with van der Waals surface area (Å²) in [5.74, 6) is -0.543. The molecule has 0 aliphatic carbocycles. The van der Waals surface area contributed by atoms with Gasteiger partial charge in [0.05, 0.1) is 10.5 Å². The first kappa shape index (κ1) is 13.8. The Morgan fingerprint density at radius 1 is 0.952 bits per heavy atom. The minimum absolute atomic E-state index is 0.209. The second-order valence-corrected chi connectivity index (χ2v) is 6.71. The molecule has 0 amide bonds. The van der Waals surface area contributed by atoms with Crippen molar-refractivity contribution in [2.24, 2.45) is 0 Å². The molecule has 108 valence electrons. The summed E-state index contributed by atoms with van der Waals surface area (Å²) in [7, 11) is -3.53. The highest BCUT2D eigenvalue weighted by atomic mass is 32.2. The number of ether oxygens (including phenoxy) is 1. The van der Waals surface area contributed by atoms with Crippen molar-refractivity contribution >= 4 is 15.8 Å². The van der Waals surface area contributed by atoms with Crippen LogP contribution in [0, 0.1) is 0 Å². The Morgan fingerprint density at radius 3 is 2.14 bits per heavy atom. The lowest BCUT2D eigenvalue weighted by Crippen LogP contribution is -2.15. The minimum atomic E-state index is -3.53. The highest BCUT2D eigenvalue weighted by molar-refractivity contribution is 7.92. The molecule has 1 aliphatic heterocycles. The average Bonchev–Trinajstić information content (AvgIpc) is 3.29. The molecule has 2 aromatic rings. The molecule has 3 rings (SSSR count). The van der Waals surface area contributed by atoms with Gasteiger partial charge in [0, 0.05) is 0 Å². The van der Waals surface area contributed by atoms with Crippen LogP contribution in [-0.2, 0) is 14.6 Å². The second-order valence-electron chi connectivity index (χ2n) is 4.64. The van der Waals surface area contributed by atoms with Crippen LogP contribution >= 0.6 is 0 Å². The van der Waals surface area contributed by atoms with Crippen LogP contribution in [0.2, 0.25) is 0 Å². The lowest BCUT2D eigenvalue weighted by molar-refractivity contribution is 0.0462. The molecule has 1 aliphatic rings. The molecule has 2 aromatic carbocycles. The van der Waals surface area contributed by atoms with Gasteiger partial charge in [0.15, 0.2) is 21.4 Å². The molecule has 21 heavy (non-hydrogen) atoms. The van der Waals surface area contributed by atoms with Gasteiger partial charge < -0.3 is 4.74 Å². The molecule has 2 unspecified atom stereocenters.